The molecule has 0 spiro atoms. The fourth-order valence-corrected chi connectivity index (χ4v) is 0. The fourth-order valence-electron chi connectivity index (χ4n) is 0. The van der Waals surface area contributed by atoms with Crippen LogP contribution in [-0.2, 0) is 4.57 Å². The fraction of sp³-hybridized carbons (Fsp3) is 1.00. The van der Waals surface area contributed by atoms with Crippen molar-refractivity contribution in [2.45, 2.75) is 20.3 Å². The van der Waals surface area contributed by atoms with Crippen LogP contribution in [0.5, 0.6) is 0 Å². The maximum Gasteiger partial charge on any atom is 0.177 e. The van der Waals surface area contributed by atoms with Gasteiger partial charge < -0.3 is 4.89 Å². The summed E-state index contributed by atoms with van der Waals surface area (Å²) in [6.07, 6.45) is 1.25. The highest BCUT2D eigenvalue weighted by Crippen LogP contribution is 1.66. The molecule has 40 valence electrons. The first-order valence-electron chi connectivity index (χ1n) is 1.91. The van der Waals surface area contributed by atoms with Crippen LogP contribution >= 0.6 is 8.69 Å². The van der Waals surface area contributed by atoms with Crippen molar-refractivity contribution in [3.63, 3.8) is 0 Å². The minimum absolute atomic E-state index is 1.25. The van der Waals surface area contributed by atoms with Crippen LogP contribution in [0.4, 0.5) is 0 Å². The van der Waals surface area contributed by atoms with E-state index in [-0.39, 0.29) is 0 Å². The first-order chi connectivity index (χ1) is 2.83. The van der Waals surface area contributed by atoms with Crippen LogP contribution in [0, 0.1) is 0 Å². The van der Waals surface area contributed by atoms with Gasteiger partial charge in [0.15, 0.2) is 8.69 Å². The Morgan fingerprint density at radius 1 is 1.67 bits per heavy atom. The van der Waals surface area contributed by atoms with Crippen LogP contribution < -0.4 is 0 Å². The van der Waals surface area contributed by atoms with Gasteiger partial charge in [0.2, 0.25) is 0 Å². The van der Waals surface area contributed by atoms with Crippen molar-refractivity contribution in [2.24, 2.45) is 0 Å². The molecular formula is C3H11O2P. The summed E-state index contributed by atoms with van der Waals surface area (Å²) in [7, 11) is -1.50. The Balaban J connectivity index is 0. The summed E-state index contributed by atoms with van der Waals surface area (Å²) in [5, 5.41) is 0. The van der Waals surface area contributed by atoms with Gasteiger partial charge in [0, 0.05) is 0 Å². The van der Waals surface area contributed by atoms with E-state index >= 15 is 0 Å². The Hall–Kier alpha value is 0.190. The van der Waals surface area contributed by atoms with E-state index in [0.29, 0.717) is 0 Å². The van der Waals surface area contributed by atoms with Crippen LogP contribution in [-0.4, -0.2) is 4.89 Å². The molecule has 0 aromatic rings. The summed E-state index contributed by atoms with van der Waals surface area (Å²) < 4.78 is 8.57. The van der Waals surface area contributed by atoms with Gasteiger partial charge >= 0.3 is 0 Å². The van der Waals surface area contributed by atoms with Crippen molar-refractivity contribution in [1.29, 1.82) is 0 Å². The number of hydrogen-bond acceptors (Lipinski definition) is 1. The van der Waals surface area contributed by atoms with Gasteiger partial charge in [-0.3, -0.25) is 4.57 Å². The lowest BCUT2D eigenvalue weighted by Crippen LogP contribution is -1.27. The Kier molecular flexibility index (Phi) is 30.1. The molecule has 1 unspecified atom stereocenters. The molecule has 0 heterocycles. The van der Waals surface area contributed by atoms with E-state index in [2.05, 4.69) is 13.8 Å². The second kappa shape index (κ2) is 19.0. The van der Waals surface area contributed by atoms with E-state index in [4.69, 9.17) is 9.46 Å². The third-order valence-corrected chi connectivity index (χ3v) is 0. The molecular weight excluding hydrogens is 99.0 g/mol. The summed E-state index contributed by atoms with van der Waals surface area (Å²) in [5.74, 6) is 0. The molecule has 0 aliphatic heterocycles. The predicted octanol–water partition coefficient (Wildman–Crippen LogP) is 1.07. The van der Waals surface area contributed by atoms with E-state index in [1.165, 1.54) is 6.42 Å². The maximum atomic E-state index is 8.57. The quantitative estimate of drug-likeness (QED) is 0.473. The van der Waals surface area contributed by atoms with Gasteiger partial charge in [-0.1, -0.05) is 20.3 Å². The van der Waals surface area contributed by atoms with Crippen molar-refractivity contribution >= 4 is 8.69 Å². The Bertz CT molecular complexity index is 22.8. The van der Waals surface area contributed by atoms with Gasteiger partial charge in [0.25, 0.3) is 0 Å². The molecule has 0 aromatic heterocycles. The second-order valence-electron chi connectivity index (χ2n) is 0.813. The lowest BCUT2D eigenvalue weighted by molar-refractivity contribution is 0.524. The Morgan fingerprint density at radius 2 is 1.67 bits per heavy atom. The first-order valence-corrected chi connectivity index (χ1v) is 2.90. The number of hydrogen-bond donors (Lipinski definition) is 1. The van der Waals surface area contributed by atoms with Gasteiger partial charge in [-0.15, -0.1) is 0 Å². The molecule has 0 aromatic carbocycles. The third-order valence-electron chi connectivity index (χ3n) is 0. The van der Waals surface area contributed by atoms with E-state index in [0.717, 1.165) is 0 Å². The number of rotatable bonds is 0. The molecule has 0 saturated heterocycles. The highest BCUT2D eigenvalue weighted by Gasteiger charge is 1.35. The first kappa shape index (κ1) is 9.50. The summed E-state index contributed by atoms with van der Waals surface area (Å²) in [6.45, 7) is 4.25. The van der Waals surface area contributed by atoms with Crippen LogP contribution in [0.15, 0.2) is 0 Å². The van der Waals surface area contributed by atoms with E-state index in [1.54, 1.807) is 0 Å². The molecule has 3 heteroatoms. The third kappa shape index (κ3) is 1180. The monoisotopic (exact) mass is 110 g/mol. The zero-order valence-corrected chi connectivity index (χ0v) is 5.29. The van der Waals surface area contributed by atoms with E-state index < -0.39 is 8.69 Å². The largest absolute Gasteiger partial charge is 0.348 e. The molecule has 0 aliphatic rings. The molecule has 2 nitrogen and oxygen atoms in total. The summed E-state index contributed by atoms with van der Waals surface area (Å²) in [4.78, 5) is 7.10. The average Bonchev–Trinajstić information content (AvgIpc) is 1.39. The molecule has 0 fully saturated rings. The predicted molar refractivity (Wildman–Crippen MR) is 28.6 cm³/mol. The SMILES string of the molecule is CCC.O=[PH2]O. The molecule has 1 atom stereocenters. The minimum atomic E-state index is -1.50. The van der Waals surface area contributed by atoms with E-state index in [9.17, 15) is 0 Å². The van der Waals surface area contributed by atoms with Crippen LogP contribution in [0.2, 0.25) is 0 Å². The van der Waals surface area contributed by atoms with Crippen molar-refractivity contribution in [3.05, 3.63) is 0 Å². The molecule has 0 saturated carbocycles. The topological polar surface area (TPSA) is 37.3 Å². The lowest BCUT2D eigenvalue weighted by atomic mass is 10.6. The van der Waals surface area contributed by atoms with Crippen molar-refractivity contribution < 1.29 is 9.46 Å². The minimum Gasteiger partial charge on any atom is -0.348 e. The van der Waals surface area contributed by atoms with Crippen LogP contribution in [0.3, 0.4) is 0 Å². The molecule has 1 N–H and O–H groups in total. The standard InChI is InChI=1S/C3H8.H3O2P/c2*1-3-2/h3H2,1-2H3;3H2,(H,1,2). The Labute approximate surface area is 39.5 Å². The molecule has 6 heavy (non-hydrogen) atoms. The van der Waals surface area contributed by atoms with Gasteiger partial charge in [0.05, 0.1) is 0 Å². The Morgan fingerprint density at radius 3 is 1.67 bits per heavy atom. The zero-order valence-electron chi connectivity index (χ0n) is 4.14. The van der Waals surface area contributed by atoms with Crippen molar-refractivity contribution in [1.82, 2.24) is 0 Å². The summed E-state index contributed by atoms with van der Waals surface area (Å²) >= 11 is 0. The van der Waals surface area contributed by atoms with Gasteiger partial charge in [-0.2, -0.15) is 0 Å². The van der Waals surface area contributed by atoms with Gasteiger partial charge in [0.1, 0.15) is 0 Å². The highest BCUT2D eigenvalue weighted by atomic mass is 31.1. The molecule has 0 radical (unpaired) electrons. The van der Waals surface area contributed by atoms with Crippen molar-refractivity contribution in [3.8, 4) is 0 Å². The molecule has 0 aliphatic carbocycles. The van der Waals surface area contributed by atoms with Crippen LogP contribution in [0.1, 0.15) is 20.3 Å². The second-order valence-corrected chi connectivity index (χ2v) is 1.02. The highest BCUT2D eigenvalue weighted by molar-refractivity contribution is 7.16. The van der Waals surface area contributed by atoms with Gasteiger partial charge in [-0.25, -0.2) is 0 Å². The normalized spacial score (nSPS) is 7.83. The molecule has 0 amide bonds. The summed E-state index contributed by atoms with van der Waals surface area (Å²) in [5.41, 5.74) is 0. The zero-order chi connectivity index (χ0) is 5.41. The van der Waals surface area contributed by atoms with Crippen LogP contribution in [0.25, 0.3) is 0 Å². The molecule has 0 rings (SSSR count). The van der Waals surface area contributed by atoms with Gasteiger partial charge in [-0.05, 0) is 0 Å². The van der Waals surface area contributed by atoms with E-state index in [1.807, 2.05) is 0 Å². The lowest BCUT2D eigenvalue weighted by Gasteiger charge is -1.48. The average molecular weight is 110 g/mol. The molecule has 0 bridgehead atoms. The summed E-state index contributed by atoms with van der Waals surface area (Å²) in [6, 6.07) is 0. The van der Waals surface area contributed by atoms with Crippen molar-refractivity contribution in [2.75, 3.05) is 0 Å². The maximum absolute atomic E-state index is 8.57. The smallest absolute Gasteiger partial charge is 0.177 e.